The Labute approximate surface area is 149 Å². The van der Waals surface area contributed by atoms with Crippen molar-refractivity contribution in [3.8, 4) is 0 Å². The number of ether oxygens (including phenoxy) is 1. The van der Waals surface area contributed by atoms with E-state index in [1.54, 1.807) is 7.11 Å². The molecule has 0 amide bonds. The van der Waals surface area contributed by atoms with Gasteiger partial charge in [-0.2, -0.15) is 0 Å². The van der Waals surface area contributed by atoms with Crippen LogP contribution in [0.4, 0.5) is 0 Å². The average molecular weight is 355 g/mol. The van der Waals surface area contributed by atoms with E-state index in [1.807, 2.05) is 0 Å². The fourth-order valence-corrected chi connectivity index (χ4v) is 3.89. The molecule has 0 bridgehead atoms. The molecule has 1 aromatic heterocycles. The number of aromatic nitrogens is 1. The van der Waals surface area contributed by atoms with Crippen LogP contribution in [-0.4, -0.2) is 47.2 Å². The highest BCUT2D eigenvalue weighted by molar-refractivity contribution is 5.85. The van der Waals surface area contributed by atoms with E-state index in [9.17, 15) is 10.2 Å². The van der Waals surface area contributed by atoms with Gasteiger partial charge in [-0.1, -0.05) is 18.2 Å². The number of fused-ring (bicyclic) bond motifs is 1. The first kappa shape index (κ1) is 19.2. The minimum Gasteiger partial charge on any atom is -0.390 e. The fourth-order valence-electron chi connectivity index (χ4n) is 3.89. The molecule has 0 saturated heterocycles. The van der Waals surface area contributed by atoms with Crippen LogP contribution in [0, 0.1) is 5.41 Å². The number of aliphatic hydroxyl groups excluding tert-OH is 2. The largest absolute Gasteiger partial charge is 0.390 e. The lowest BCUT2D eigenvalue weighted by Gasteiger charge is -2.28. The van der Waals surface area contributed by atoms with Gasteiger partial charge in [-0.15, -0.1) is 12.4 Å². The lowest BCUT2D eigenvalue weighted by Crippen LogP contribution is -2.36. The summed E-state index contributed by atoms with van der Waals surface area (Å²) in [6.07, 6.45) is 2.00. The van der Waals surface area contributed by atoms with Gasteiger partial charge >= 0.3 is 0 Å². The molecule has 1 heterocycles. The predicted octanol–water partition coefficient (Wildman–Crippen LogP) is 1.84. The summed E-state index contributed by atoms with van der Waals surface area (Å²) in [6.45, 7) is 2.03. The number of halogens is 1. The van der Waals surface area contributed by atoms with Crippen LogP contribution in [0.1, 0.15) is 18.4 Å². The third-order valence-electron chi connectivity index (χ3n) is 4.97. The van der Waals surface area contributed by atoms with Crippen molar-refractivity contribution in [1.82, 2.24) is 9.88 Å². The van der Waals surface area contributed by atoms with E-state index >= 15 is 0 Å². The smallest absolute Gasteiger partial charge is 0.0806 e. The zero-order chi connectivity index (χ0) is 16.4. The van der Waals surface area contributed by atoms with Gasteiger partial charge < -0.3 is 24.8 Å². The van der Waals surface area contributed by atoms with E-state index in [2.05, 4.69) is 47.4 Å². The number of benzene rings is 1. The molecule has 1 saturated carbocycles. The van der Waals surface area contributed by atoms with Crippen LogP contribution in [0.15, 0.2) is 30.5 Å². The maximum absolute atomic E-state index is 9.88. The molecule has 2 aromatic rings. The van der Waals surface area contributed by atoms with Crippen molar-refractivity contribution in [3.63, 3.8) is 0 Å². The lowest BCUT2D eigenvalue weighted by molar-refractivity contribution is 0.0438. The predicted molar refractivity (Wildman–Crippen MR) is 97.4 cm³/mol. The lowest BCUT2D eigenvalue weighted by atomic mass is 9.86. The monoisotopic (exact) mass is 354 g/mol. The van der Waals surface area contributed by atoms with E-state index in [0.29, 0.717) is 19.4 Å². The van der Waals surface area contributed by atoms with Gasteiger partial charge in [0.15, 0.2) is 0 Å². The SMILES string of the molecule is COCC1(CNCc2cn(C)c3ccccc23)C[C@@H](O)[C@@H](O)C1.Cl. The van der Waals surface area contributed by atoms with Gasteiger partial charge in [0.2, 0.25) is 0 Å². The summed E-state index contributed by atoms with van der Waals surface area (Å²) in [5.74, 6) is 0. The highest BCUT2D eigenvalue weighted by Gasteiger charge is 2.43. The molecule has 0 radical (unpaired) electrons. The van der Waals surface area contributed by atoms with E-state index in [-0.39, 0.29) is 17.8 Å². The molecule has 3 rings (SSSR count). The number of hydrogen-bond donors (Lipinski definition) is 3. The van der Waals surface area contributed by atoms with Crippen LogP contribution in [0.2, 0.25) is 0 Å². The molecule has 0 spiro atoms. The molecule has 134 valence electrons. The van der Waals surface area contributed by atoms with Crippen molar-refractivity contribution in [2.24, 2.45) is 12.5 Å². The number of rotatable bonds is 6. The van der Waals surface area contributed by atoms with Crippen molar-refractivity contribution >= 4 is 23.3 Å². The molecule has 1 aliphatic rings. The molecular formula is C18H27ClN2O3. The highest BCUT2D eigenvalue weighted by atomic mass is 35.5. The standard InChI is InChI=1S/C18H26N2O3.ClH/c1-20-10-13(14-5-3-4-6-15(14)20)9-19-11-18(12-23-2)7-16(21)17(22)8-18;/h3-6,10,16-17,19,21-22H,7-9,11-12H2,1-2H3;1H/t16-,17+,18?;. The number of aliphatic hydroxyl groups is 2. The Morgan fingerprint density at radius 1 is 1.25 bits per heavy atom. The number of aryl methyl sites for hydroxylation is 1. The fraction of sp³-hybridized carbons (Fsp3) is 0.556. The molecule has 1 aromatic carbocycles. The summed E-state index contributed by atoms with van der Waals surface area (Å²) in [7, 11) is 3.73. The van der Waals surface area contributed by atoms with Gasteiger partial charge in [-0.25, -0.2) is 0 Å². The Morgan fingerprint density at radius 3 is 2.58 bits per heavy atom. The Balaban J connectivity index is 0.00000208. The first-order valence-corrected chi connectivity index (χ1v) is 8.13. The second kappa shape index (κ2) is 7.85. The summed E-state index contributed by atoms with van der Waals surface area (Å²) < 4.78 is 7.48. The minimum atomic E-state index is -0.649. The van der Waals surface area contributed by atoms with E-state index in [0.717, 1.165) is 13.1 Å². The number of para-hydroxylation sites is 1. The molecule has 3 N–H and O–H groups in total. The summed E-state index contributed by atoms with van der Waals surface area (Å²) in [4.78, 5) is 0. The Hall–Kier alpha value is -1.11. The van der Waals surface area contributed by atoms with Gasteiger partial charge in [0.25, 0.3) is 0 Å². The molecule has 3 atom stereocenters. The summed E-state index contributed by atoms with van der Waals surface area (Å²) in [5.41, 5.74) is 2.29. The second-order valence-electron chi connectivity index (χ2n) is 6.86. The topological polar surface area (TPSA) is 66.7 Å². The van der Waals surface area contributed by atoms with Gasteiger partial charge in [0, 0.05) is 49.8 Å². The Morgan fingerprint density at radius 2 is 1.92 bits per heavy atom. The van der Waals surface area contributed by atoms with Gasteiger partial charge in [-0.05, 0) is 24.5 Å². The summed E-state index contributed by atoms with van der Waals surface area (Å²) in [5, 5.41) is 24.5. The van der Waals surface area contributed by atoms with Gasteiger partial charge in [0.1, 0.15) is 0 Å². The van der Waals surface area contributed by atoms with Crippen molar-refractivity contribution < 1.29 is 14.9 Å². The number of nitrogens with zero attached hydrogens (tertiary/aromatic N) is 1. The van der Waals surface area contributed by atoms with Gasteiger partial charge in [0.05, 0.1) is 18.8 Å². The zero-order valence-electron chi connectivity index (χ0n) is 14.2. The molecular weight excluding hydrogens is 328 g/mol. The molecule has 24 heavy (non-hydrogen) atoms. The first-order chi connectivity index (χ1) is 11.0. The average Bonchev–Trinajstić information content (AvgIpc) is 2.98. The van der Waals surface area contributed by atoms with Crippen molar-refractivity contribution in [2.75, 3.05) is 20.3 Å². The van der Waals surface area contributed by atoms with E-state index < -0.39 is 12.2 Å². The van der Waals surface area contributed by atoms with Crippen molar-refractivity contribution in [1.29, 1.82) is 0 Å². The molecule has 5 nitrogen and oxygen atoms in total. The van der Waals surface area contributed by atoms with Crippen LogP contribution >= 0.6 is 12.4 Å². The third kappa shape index (κ3) is 3.76. The van der Waals surface area contributed by atoms with Crippen LogP contribution in [-0.2, 0) is 18.3 Å². The number of methoxy groups -OCH3 is 1. The third-order valence-corrected chi connectivity index (χ3v) is 4.97. The van der Waals surface area contributed by atoms with Crippen LogP contribution in [0.5, 0.6) is 0 Å². The quantitative estimate of drug-likeness (QED) is 0.740. The Bertz CT molecular complexity index is 663. The van der Waals surface area contributed by atoms with E-state index in [4.69, 9.17) is 4.74 Å². The molecule has 0 aliphatic heterocycles. The minimum absolute atomic E-state index is 0. The van der Waals surface area contributed by atoms with Crippen LogP contribution in [0.25, 0.3) is 10.9 Å². The Kier molecular flexibility index (Phi) is 6.28. The van der Waals surface area contributed by atoms with Crippen molar-refractivity contribution in [3.05, 3.63) is 36.0 Å². The maximum Gasteiger partial charge on any atom is 0.0806 e. The van der Waals surface area contributed by atoms with Crippen LogP contribution < -0.4 is 5.32 Å². The van der Waals surface area contributed by atoms with Crippen molar-refractivity contribution in [2.45, 2.75) is 31.6 Å². The zero-order valence-corrected chi connectivity index (χ0v) is 15.1. The maximum atomic E-state index is 9.88. The normalized spacial score (nSPS) is 26.7. The molecule has 1 fully saturated rings. The number of nitrogens with one attached hydrogen (secondary N) is 1. The molecule has 1 unspecified atom stereocenters. The number of hydrogen-bond acceptors (Lipinski definition) is 4. The summed E-state index contributed by atoms with van der Waals surface area (Å²) >= 11 is 0. The second-order valence-corrected chi connectivity index (χ2v) is 6.86. The van der Waals surface area contributed by atoms with E-state index in [1.165, 1.54) is 16.5 Å². The van der Waals surface area contributed by atoms with Gasteiger partial charge in [-0.3, -0.25) is 0 Å². The first-order valence-electron chi connectivity index (χ1n) is 8.13. The van der Waals surface area contributed by atoms with Crippen LogP contribution in [0.3, 0.4) is 0 Å². The molecule has 6 heteroatoms. The summed E-state index contributed by atoms with van der Waals surface area (Å²) in [6, 6.07) is 8.37. The molecule has 1 aliphatic carbocycles. The highest BCUT2D eigenvalue weighted by Crippen LogP contribution is 2.38.